The summed E-state index contributed by atoms with van der Waals surface area (Å²) in [6.07, 6.45) is 16.3. The van der Waals surface area contributed by atoms with Gasteiger partial charge < -0.3 is 15.2 Å². The molecule has 0 spiro atoms. The fraction of sp³-hybridized carbons (Fsp3) is 0.536. The van der Waals surface area contributed by atoms with Gasteiger partial charge >= 0.3 is 0 Å². The van der Waals surface area contributed by atoms with Crippen molar-refractivity contribution >= 4 is 17.6 Å². The lowest BCUT2D eigenvalue weighted by atomic mass is 9.83. The van der Waals surface area contributed by atoms with E-state index in [0.29, 0.717) is 6.54 Å². The molecule has 3 rings (SSSR count). The van der Waals surface area contributed by atoms with Gasteiger partial charge in [-0.3, -0.25) is 15.2 Å². The van der Waals surface area contributed by atoms with Gasteiger partial charge in [0.2, 0.25) is 0 Å². The Hall–Kier alpha value is -2.75. The molecule has 6 nitrogen and oxygen atoms in total. The van der Waals surface area contributed by atoms with Crippen LogP contribution >= 0.6 is 0 Å². The number of aliphatic hydroxyl groups is 1. The van der Waals surface area contributed by atoms with Crippen molar-refractivity contribution in [2.45, 2.75) is 79.0 Å². The van der Waals surface area contributed by atoms with E-state index in [9.17, 15) is 5.11 Å². The molecule has 0 bridgehead atoms. The second-order valence-corrected chi connectivity index (χ2v) is 7.63. The zero-order valence-electron chi connectivity index (χ0n) is 22.1. The van der Waals surface area contributed by atoms with Gasteiger partial charge in [0.05, 0.1) is 29.7 Å². The summed E-state index contributed by atoms with van der Waals surface area (Å²) in [5, 5.41) is 17.6. The van der Waals surface area contributed by atoms with Crippen molar-refractivity contribution in [3.05, 3.63) is 42.2 Å². The van der Waals surface area contributed by atoms with Crippen molar-refractivity contribution < 1.29 is 9.84 Å². The van der Waals surface area contributed by atoms with Crippen LogP contribution in [0.25, 0.3) is 0 Å². The maximum atomic E-state index is 10.5. The molecule has 0 saturated carbocycles. The van der Waals surface area contributed by atoms with Gasteiger partial charge in [-0.2, -0.15) is 0 Å². The molecule has 6 heteroatoms. The van der Waals surface area contributed by atoms with Crippen molar-refractivity contribution in [3.63, 3.8) is 0 Å². The Kier molecular flexibility index (Phi) is 13.1. The molecule has 1 aromatic rings. The van der Waals surface area contributed by atoms with Crippen LogP contribution in [-0.4, -0.2) is 36.7 Å². The minimum absolute atomic E-state index is 0.0391. The standard InChI is InChI=1S/C24H32N4O2.2C2H6/c1-5-8-22-24(6-2,13-16-26-23(29)18-11-14-25-15-12-18)27-20-17-19(30-4)9-10-21(20)28(22)7-3;2*1-2/h3,8-11,14-15,17-18,23,26-27,29H,5-6,12-13,16H2,1-2,4H3;2*1-2H3/b22-8-;;. The van der Waals surface area contributed by atoms with Gasteiger partial charge in [-0.15, -0.1) is 0 Å². The Balaban J connectivity index is 0.00000137. The predicted octanol–water partition coefficient (Wildman–Crippen LogP) is 5.92. The fourth-order valence-corrected chi connectivity index (χ4v) is 4.16. The molecule has 0 saturated heterocycles. The van der Waals surface area contributed by atoms with Crippen LogP contribution < -0.4 is 20.3 Å². The summed E-state index contributed by atoms with van der Waals surface area (Å²) in [6, 6.07) is 8.76. The third-order valence-corrected chi connectivity index (χ3v) is 5.89. The van der Waals surface area contributed by atoms with Gasteiger partial charge in [0.25, 0.3) is 0 Å². The van der Waals surface area contributed by atoms with Crippen LogP contribution in [0.15, 0.2) is 47.2 Å². The number of rotatable bonds is 8. The number of hydrogen-bond donors (Lipinski definition) is 3. The number of ether oxygens (including phenoxy) is 1. The Morgan fingerprint density at radius 3 is 2.65 bits per heavy atom. The lowest BCUT2D eigenvalue weighted by Crippen LogP contribution is -2.51. The highest BCUT2D eigenvalue weighted by molar-refractivity contribution is 5.81. The zero-order chi connectivity index (χ0) is 25.6. The molecule has 3 atom stereocenters. The third kappa shape index (κ3) is 6.88. The highest BCUT2D eigenvalue weighted by atomic mass is 16.5. The number of terminal acetylenes is 1. The summed E-state index contributed by atoms with van der Waals surface area (Å²) in [7, 11) is 1.66. The maximum absolute atomic E-state index is 10.5. The number of benzene rings is 1. The number of hydrogen-bond acceptors (Lipinski definition) is 6. The average molecular weight is 469 g/mol. The number of aliphatic imine (C=N–C) groups is 1. The van der Waals surface area contributed by atoms with Crippen LogP contribution in [0.5, 0.6) is 5.75 Å². The lowest BCUT2D eigenvalue weighted by molar-refractivity contribution is 0.0958. The first-order valence-electron chi connectivity index (χ1n) is 12.6. The molecule has 2 heterocycles. The third-order valence-electron chi connectivity index (χ3n) is 5.89. The van der Waals surface area contributed by atoms with Gasteiger partial charge in [-0.25, -0.2) is 0 Å². The monoisotopic (exact) mass is 468 g/mol. The van der Waals surface area contributed by atoms with E-state index in [1.165, 1.54) is 0 Å². The first-order valence-corrected chi connectivity index (χ1v) is 12.6. The number of nitrogens with zero attached hydrogens (tertiary/aromatic N) is 2. The minimum atomic E-state index is -0.611. The van der Waals surface area contributed by atoms with Gasteiger partial charge in [-0.1, -0.05) is 60.1 Å². The van der Waals surface area contributed by atoms with E-state index in [2.05, 4.69) is 41.6 Å². The normalized spacial score (nSPS) is 22.3. The molecule has 1 aromatic carbocycles. The van der Waals surface area contributed by atoms with E-state index < -0.39 is 6.23 Å². The quantitative estimate of drug-likeness (QED) is 0.327. The number of nitrogens with one attached hydrogen (secondary N) is 2. The molecule has 0 aliphatic carbocycles. The number of anilines is 2. The van der Waals surface area contributed by atoms with Crippen molar-refractivity contribution in [3.8, 4) is 18.2 Å². The molecule has 3 unspecified atom stereocenters. The van der Waals surface area contributed by atoms with Gasteiger partial charge in [-0.05, 0) is 37.8 Å². The minimum Gasteiger partial charge on any atom is -0.497 e. The molecule has 0 radical (unpaired) electrons. The maximum Gasteiger partial charge on any atom is 0.121 e. The molecular formula is C28H44N4O2. The molecule has 0 amide bonds. The molecule has 3 N–H and O–H groups in total. The Morgan fingerprint density at radius 2 is 2.09 bits per heavy atom. The van der Waals surface area contributed by atoms with E-state index in [4.69, 9.17) is 11.2 Å². The SMILES string of the molecule is C#CN1/C(=C\CC)C(CC)(CCNC(O)C2C=CN=CC2)Nc2cc(OC)ccc21.CC.CC. The summed E-state index contributed by atoms with van der Waals surface area (Å²) < 4.78 is 5.42. The molecule has 34 heavy (non-hydrogen) atoms. The highest BCUT2D eigenvalue weighted by Gasteiger charge is 2.40. The van der Waals surface area contributed by atoms with Crippen LogP contribution in [0.3, 0.4) is 0 Å². The molecule has 188 valence electrons. The number of methoxy groups -OCH3 is 1. The van der Waals surface area contributed by atoms with E-state index in [-0.39, 0.29) is 11.5 Å². The Bertz CT molecular complexity index is 872. The zero-order valence-corrected chi connectivity index (χ0v) is 22.1. The van der Waals surface area contributed by atoms with Crippen molar-refractivity contribution in [1.29, 1.82) is 0 Å². The Labute approximate surface area is 207 Å². The smallest absolute Gasteiger partial charge is 0.121 e. The van der Waals surface area contributed by atoms with Gasteiger partial charge in [0, 0.05) is 37.0 Å². The summed E-state index contributed by atoms with van der Waals surface area (Å²) in [5.74, 6) is 0.822. The van der Waals surface area contributed by atoms with E-state index >= 15 is 0 Å². The topological polar surface area (TPSA) is 69.1 Å². The summed E-state index contributed by atoms with van der Waals surface area (Å²) in [5.41, 5.74) is 2.63. The number of aliphatic hydroxyl groups excluding tert-OH is 1. The van der Waals surface area contributed by atoms with E-state index in [1.54, 1.807) is 13.3 Å². The largest absolute Gasteiger partial charge is 0.497 e. The first-order chi connectivity index (χ1) is 16.6. The molecular weight excluding hydrogens is 424 g/mol. The number of allylic oxidation sites excluding steroid dienone is 1. The lowest BCUT2D eigenvalue weighted by Gasteiger charge is -2.46. The van der Waals surface area contributed by atoms with E-state index in [0.717, 1.165) is 48.5 Å². The summed E-state index contributed by atoms with van der Waals surface area (Å²) >= 11 is 0. The predicted molar refractivity (Wildman–Crippen MR) is 146 cm³/mol. The Morgan fingerprint density at radius 1 is 1.35 bits per heavy atom. The molecule has 2 aliphatic heterocycles. The summed E-state index contributed by atoms with van der Waals surface area (Å²) in [6.45, 7) is 12.9. The van der Waals surface area contributed by atoms with Crippen molar-refractivity contribution in [2.75, 3.05) is 23.9 Å². The molecule has 0 fully saturated rings. The molecule has 2 aliphatic rings. The molecule has 0 aromatic heterocycles. The second-order valence-electron chi connectivity index (χ2n) is 7.63. The number of fused-ring (bicyclic) bond motifs is 1. The van der Waals surface area contributed by atoms with Crippen LogP contribution in [0.1, 0.15) is 67.2 Å². The van der Waals surface area contributed by atoms with Crippen LogP contribution in [0, 0.1) is 18.4 Å². The summed E-state index contributed by atoms with van der Waals surface area (Å²) in [4.78, 5) is 6.01. The fourth-order valence-electron chi connectivity index (χ4n) is 4.16. The van der Waals surface area contributed by atoms with E-state index in [1.807, 2.05) is 63.1 Å². The average Bonchev–Trinajstić information content (AvgIpc) is 2.91. The van der Waals surface area contributed by atoms with Crippen molar-refractivity contribution in [1.82, 2.24) is 5.32 Å². The first kappa shape index (κ1) is 29.3. The van der Waals surface area contributed by atoms with Gasteiger partial charge in [0.15, 0.2) is 0 Å². The highest BCUT2D eigenvalue weighted by Crippen LogP contribution is 2.44. The van der Waals surface area contributed by atoms with Crippen LogP contribution in [0.4, 0.5) is 11.4 Å². The van der Waals surface area contributed by atoms with Crippen LogP contribution in [0.2, 0.25) is 0 Å². The van der Waals surface area contributed by atoms with Crippen molar-refractivity contribution in [2.24, 2.45) is 10.9 Å². The second kappa shape index (κ2) is 15.2. The van der Waals surface area contributed by atoms with Gasteiger partial charge in [0.1, 0.15) is 12.0 Å². The van der Waals surface area contributed by atoms with Crippen LogP contribution in [-0.2, 0) is 0 Å².